The fourth-order valence-electron chi connectivity index (χ4n) is 3.21. The molecule has 0 saturated heterocycles. The molecule has 1 aromatic heterocycles. The zero-order valence-corrected chi connectivity index (χ0v) is 17.8. The molecule has 3 aromatic rings. The smallest absolute Gasteiger partial charge is 0.322 e. The number of urea groups is 1. The van der Waals surface area contributed by atoms with Crippen molar-refractivity contribution in [3.63, 3.8) is 0 Å². The van der Waals surface area contributed by atoms with E-state index in [9.17, 15) is 14.9 Å². The van der Waals surface area contributed by atoms with E-state index in [0.29, 0.717) is 19.0 Å². The number of non-ortho nitro benzene ring substituents is 1. The van der Waals surface area contributed by atoms with Crippen LogP contribution in [0.1, 0.15) is 37.3 Å². The van der Waals surface area contributed by atoms with Crippen LogP contribution in [0.3, 0.4) is 0 Å². The molecule has 2 aromatic carbocycles. The van der Waals surface area contributed by atoms with Gasteiger partial charge in [-0.2, -0.15) is 0 Å². The molecule has 0 saturated carbocycles. The average Bonchev–Trinajstić information content (AvgIpc) is 3.27. The molecule has 0 atom stereocenters. The molecule has 0 aliphatic heterocycles. The number of imidazole rings is 1. The molecule has 0 spiro atoms. The molecule has 31 heavy (non-hydrogen) atoms. The van der Waals surface area contributed by atoms with Crippen molar-refractivity contribution < 1.29 is 9.72 Å². The molecule has 8 heteroatoms. The molecule has 0 bridgehead atoms. The highest BCUT2D eigenvalue weighted by Gasteiger charge is 2.15. The topological polar surface area (TPSA) is 93.3 Å². The average molecular weight is 422 g/mol. The maximum Gasteiger partial charge on any atom is 0.322 e. The van der Waals surface area contributed by atoms with Crippen LogP contribution in [0.2, 0.25) is 0 Å². The Bertz CT molecular complexity index is 983. The predicted octanol–water partition coefficient (Wildman–Crippen LogP) is 5.04. The number of hydrogen-bond donors (Lipinski definition) is 1. The summed E-state index contributed by atoms with van der Waals surface area (Å²) in [6.07, 6.45) is 6.11. The molecule has 1 N–H and O–H groups in total. The van der Waals surface area contributed by atoms with E-state index in [2.05, 4.69) is 24.1 Å². The molecule has 0 fully saturated rings. The molecule has 1 heterocycles. The molecular weight excluding hydrogens is 394 g/mol. The van der Waals surface area contributed by atoms with Crippen LogP contribution in [-0.2, 0) is 13.1 Å². The van der Waals surface area contributed by atoms with Gasteiger partial charge >= 0.3 is 6.03 Å². The Hall–Kier alpha value is -3.68. The fourth-order valence-corrected chi connectivity index (χ4v) is 3.21. The van der Waals surface area contributed by atoms with Crippen LogP contribution in [0, 0.1) is 10.1 Å². The summed E-state index contributed by atoms with van der Waals surface area (Å²) in [6.45, 7) is 5.88. The summed E-state index contributed by atoms with van der Waals surface area (Å²) >= 11 is 0. The number of aryl methyl sites for hydroxylation is 1. The van der Waals surface area contributed by atoms with Crippen LogP contribution >= 0.6 is 0 Å². The van der Waals surface area contributed by atoms with Gasteiger partial charge in [0.05, 0.1) is 11.3 Å². The van der Waals surface area contributed by atoms with Gasteiger partial charge in [-0.1, -0.05) is 38.1 Å². The Morgan fingerprint density at radius 1 is 1.16 bits per heavy atom. The molecule has 0 aliphatic carbocycles. The van der Waals surface area contributed by atoms with Gasteiger partial charge in [-0.3, -0.25) is 10.1 Å². The highest BCUT2D eigenvalue weighted by atomic mass is 16.6. The Morgan fingerprint density at radius 2 is 1.87 bits per heavy atom. The Kier molecular flexibility index (Phi) is 7.37. The van der Waals surface area contributed by atoms with Gasteiger partial charge in [0.1, 0.15) is 0 Å². The first-order valence-corrected chi connectivity index (χ1v) is 10.3. The lowest BCUT2D eigenvalue weighted by molar-refractivity contribution is -0.384. The van der Waals surface area contributed by atoms with Gasteiger partial charge in [-0.15, -0.1) is 0 Å². The van der Waals surface area contributed by atoms with Crippen molar-refractivity contribution >= 4 is 17.4 Å². The Labute approximate surface area is 181 Å². The second-order valence-electron chi connectivity index (χ2n) is 7.71. The minimum Gasteiger partial charge on any atom is -0.337 e. The summed E-state index contributed by atoms with van der Waals surface area (Å²) in [5.41, 5.74) is 2.81. The van der Waals surface area contributed by atoms with E-state index >= 15 is 0 Å². The van der Waals surface area contributed by atoms with Crippen molar-refractivity contribution in [2.75, 3.05) is 11.9 Å². The molecule has 0 aliphatic rings. The second-order valence-corrected chi connectivity index (χ2v) is 7.71. The fraction of sp³-hybridized carbons (Fsp3) is 0.304. The highest BCUT2D eigenvalue weighted by molar-refractivity contribution is 5.89. The van der Waals surface area contributed by atoms with Crippen molar-refractivity contribution in [2.45, 2.75) is 39.3 Å². The van der Waals surface area contributed by atoms with Crippen LogP contribution < -0.4 is 5.32 Å². The SMILES string of the molecule is CC(C)c1ccc(NC(=O)N(CCCn2ccnc2)Cc2ccc([N+](=O)[O-])cc2)cc1. The number of aromatic nitrogens is 2. The molecular formula is C23H27N5O3. The van der Waals surface area contributed by atoms with Gasteiger partial charge in [0.25, 0.3) is 5.69 Å². The number of nitrogens with one attached hydrogen (secondary N) is 1. The first-order valence-electron chi connectivity index (χ1n) is 10.3. The van der Waals surface area contributed by atoms with Crippen LogP contribution in [0.25, 0.3) is 0 Å². The van der Waals surface area contributed by atoms with E-state index in [0.717, 1.165) is 24.2 Å². The van der Waals surface area contributed by atoms with E-state index in [1.165, 1.54) is 17.7 Å². The number of hydrogen-bond acceptors (Lipinski definition) is 4. The first kappa shape index (κ1) is 22.0. The summed E-state index contributed by atoms with van der Waals surface area (Å²) in [5, 5.41) is 13.9. The largest absolute Gasteiger partial charge is 0.337 e. The zero-order chi connectivity index (χ0) is 22.2. The van der Waals surface area contributed by atoms with E-state index in [-0.39, 0.29) is 11.7 Å². The normalized spacial score (nSPS) is 10.8. The molecule has 2 amide bonds. The van der Waals surface area contributed by atoms with Crippen molar-refractivity contribution in [3.05, 3.63) is 88.5 Å². The maximum atomic E-state index is 13.0. The van der Waals surface area contributed by atoms with E-state index < -0.39 is 4.92 Å². The molecule has 0 radical (unpaired) electrons. The van der Waals surface area contributed by atoms with Crippen molar-refractivity contribution in [1.29, 1.82) is 0 Å². The molecule has 162 valence electrons. The standard InChI is InChI=1S/C23H27N5O3/c1-18(2)20-6-8-21(9-7-20)25-23(29)27(14-3-13-26-15-12-24-17-26)16-19-4-10-22(11-5-19)28(30)31/h4-12,15,17-18H,3,13-14,16H2,1-2H3,(H,25,29). The third-order valence-electron chi connectivity index (χ3n) is 5.04. The quantitative estimate of drug-likeness (QED) is 0.387. The third kappa shape index (κ3) is 6.40. The van der Waals surface area contributed by atoms with Gasteiger partial charge in [0, 0.05) is 49.8 Å². The minimum atomic E-state index is -0.430. The predicted molar refractivity (Wildman–Crippen MR) is 120 cm³/mol. The van der Waals surface area contributed by atoms with Crippen molar-refractivity contribution in [3.8, 4) is 0 Å². The van der Waals surface area contributed by atoms with Gasteiger partial charge < -0.3 is 14.8 Å². The number of nitro benzene ring substituents is 1. The third-order valence-corrected chi connectivity index (χ3v) is 5.04. The van der Waals surface area contributed by atoms with Crippen LogP contribution in [0.4, 0.5) is 16.2 Å². The number of amides is 2. The monoisotopic (exact) mass is 421 g/mol. The number of carbonyl (C=O) groups is 1. The van der Waals surface area contributed by atoms with Crippen LogP contribution in [0.15, 0.2) is 67.3 Å². The van der Waals surface area contributed by atoms with E-state index in [4.69, 9.17) is 0 Å². The first-order chi connectivity index (χ1) is 14.9. The van der Waals surface area contributed by atoms with Crippen LogP contribution in [-0.4, -0.2) is 32.0 Å². The lowest BCUT2D eigenvalue weighted by Gasteiger charge is -2.23. The van der Waals surface area contributed by atoms with Crippen molar-refractivity contribution in [1.82, 2.24) is 14.5 Å². The lowest BCUT2D eigenvalue weighted by atomic mass is 10.0. The van der Waals surface area contributed by atoms with Gasteiger partial charge in [-0.25, -0.2) is 9.78 Å². The van der Waals surface area contributed by atoms with Gasteiger partial charge in [0.15, 0.2) is 0 Å². The van der Waals surface area contributed by atoms with Crippen molar-refractivity contribution in [2.24, 2.45) is 0 Å². The summed E-state index contributed by atoms with van der Waals surface area (Å²) in [6, 6.07) is 13.9. The number of benzene rings is 2. The summed E-state index contributed by atoms with van der Waals surface area (Å²) in [7, 11) is 0. The van der Waals surface area contributed by atoms with Crippen LogP contribution in [0.5, 0.6) is 0 Å². The summed E-state index contributed by atoms with van der Waals surface area (Å²) in [4.78, 5) is 29.2. The molecule has 0 unspecified atom stereocenters. The Balaban J connectivity index is 1.68. The number of nitro groups is 1. The van der Waals surface area contributed by atoms with Gasteiger partial charge in [-0.05, 0) is 35.6 Å². The number of nitrogens with zero attached hydrogens (tertiary/aromatic N) is 4. The highest BCUT2D eigenvalue weighted by Crippen LogP contribution is 2.18. The van der Waals surface area contributed by atoms with E-state index in [1.54, 1.807) is 29.6 Å². The van der Waals surface area contributed by atoms with Gasteiger partial charge in [0.2, 0.25) is 0 Å². The summed E-state index contributed by atoms with van der Waals surface area (Å²) in [5.74, 6) is 0.423. The zero-order valence-electron chi connectivity index (χ0n) is 17.8. The minimum absolute atomic E-state index is 0.0325. The summed E-state index contributed by atoms with van der Waals surface area (Å²) < 4.78 is 1.96. The second kappa shape index (κ2) is 10.4. The molecule has 3 rings (SSSR count). The number of anilines is 1. The Morgan fingerprint density at radius 3 is 2.45 bits per heavy atom. The number of rotatable bonds is 9. The van der Waals surface area contributed by atoms with E-state index in [1.807, 2.05) is 35.0 Å². The maximum absolute atomic E-state index is 13.0. The number of carbonyl (C=O) groups excluding carboxylic acids is 1. The molecule has 8 nitrogen and oxygen atoms in total. The lowest BCUT2D eigenvalue weighted by Crippen LogP contribution is -2.35.